The highest BCUT2D eigenvalue weighted by Crippen LogP contribution is 2.16. The molecule has 0 radical (unpaired) electrons. The summed E-state index contributed by atoms with van der Waals surface area (Å²) in [6, 6.07) is 0. The first-order valence-electron chi connectivity index (χ1n) is 27.8. The molecule has 0 aliphatic heterocycles. The summed E-state index contributed by atoms with van der Waals surface area (Å²) in [4.78, 5) is 38.0. The molecule has 0 rings (SSSR count). The Hall–Kier alpha value is -2.11. The van der Waals surface area contributed by atoms with Crippen LogP contribution in [0.5, 0.6) is 0 Å². The Morgan fingerprint density at radius 1 is 0.302 bits per heavy atom. The van der Waals surface area contributed by atoms with Crippen LogP contribution in [0.1, 0.15) is 303 Å². The standard InChI is InChI=1S/C57H106O6/c1-4-7-10-13-16-19-22-25-28-29-30-33-35-38-41-44-47-50-56(59)62-53-54(63-57(60)51-48-45-42-39-36-32-27-24-21-18-15-12-9-6-3)52-61-55(58)49-46-43-40-37-34-31-26-23-20-17-14-11-8-5-2/h31-32,34,36,54H,4-30,33,35,37-53H2,1-3H3/b34-31-,36-32-. The fourth-order valence-electron chi connectivity index (χ4n) is 8.20. The lowest BCUT2D eigenvalue weighted by Crippen LogP contribution is -2.30. The van der Waals surface area contributed by atoms with Crippen LogP contribution in [0.2, 0.25) is 0 Å². The second-order valence-electron chi connectivity index (χ2n) is 18.8. The van der Waals surface area contributed by atoms with Crippen LogP contribution in [0.4, 0.5) is 0 Å². The summed E-state index contributed by atoms with van der Waals surface area (Å²) in [5, 5.41) is 0. The van der Waals surface area contributed by atoms with Gasteiger partial charge in [0.25, 0.3) is 0 Å². The van der Waals surface area contributed by atoms with Crippen molar-refractivity contribution in [2.45, 2.75) is 309 Å². The molecule has 6 nitrogen and oxygen atoms in total. The lowest BCUT2D eigenvalue weighted by Gasteiger charge is -2.18. The van der Waals surface area contributed by atoms with E-state index in [4.69, 9.17) is 14.2 Å². The highest BCUT2D eigenvalue weighted by Gasteiger charge is 2.19. The van der Waals surface area contributed by atoms with Gasteiger partial charge < -0.3 is 14.2 Å². The van der Waals surface area contributed by atoms with Gasteiger partial charge in [0.1, 0.15) is 13.2 Å². The zero-order valence-electron chi connectivity index (χ0n) is 42.4. The highest BCUT2D eigenvalue weighted by atomic mass is 16.6. The molecule has 0 saturated carbocycles. The maximum absolute atomic E-state index is 12.8. The van der Waals surface area contributed by atoms with Crippen molar-refractivity contribution in [1.29, 1.82) is 0 Å². The van der Waals surface area contributed by atoms with E-state index in [0.29, 0.717) is 19.3 Å². The van der Waals surface area contributed by atoms with E-state index in [9.17, 15) is 14.4 Å². The largest absolute Gasteiger partial charge is 0.462 e. The van der Waals surface area contributed by atoms with Crippen LogP contribution in [0.3, 0.4) is 0 Å². The van der Waals surface area contributed by atoms with E-state index in [-0.39, 0.29) is 31.1 Å². The van der Waals surface area contributed by atoms with Gasteiger partial charge in [-0.1, -0.05) is 238 Å². The molecule has 0 N–H and O–H groups in total. The minimum atomic E-state index is -0.781. The Kier molecular flexibility index (Phi) is 50.8. The van der Waals surface area contributed by atoms with Crippen molar-refractivity contribution < 1.29 is 28.6 Å². The Labute approximate surface area is 392 Å². The molecule has 0 spiro atoms. The minimum Gasteiger partial charge on any atom is -0.462 e. The third kappa shape index (κ3) is 50.7. The average Bonchev–Trinajstić information content (AvgIpc) is 3.28. The first-order chi connectivity index (χ1) is 31.0. The molecule has 6 heteroatoms. The van der Waals surface area contributed by atoms with Crippen LogP contribution in [0.15, 0.2) is 24.3 Å². The summed E-state index contributed by atoms with van der Waals surface area (Å²) < 4.78 is 16.8. The third-order valence-electron chi connectivity index (χ3n) is 12.4. The van der Waals surface area contributed by atoms with Crippen LogP contribution < -0.4 is 0 Å². The fourth-order valence-corrected chi connectivity index (χ4v) is 8.20. The van der Waals surface area contributed by atoms with Crippen LogP contribution in [0, 0.1) is 0 Å². The van der Waals surface area contributed by atoms with Gasteiger partial charge in [0.2, 0.25) is 0 Å². The van der Waals surface area contributed by atoms with Crippen LogP contribution >= 0.6 is 0 Å². The first-order valence-corrected chi connectivity index (χ1v) is 27.8. The molecular formula is C57H106O6. The minimum absolute atomic E-state index is 0.0778. The molecule has 63 heavy (non-hydrogen) atoms. The molecule has 0 heterocycles. The van der Waals surface area contributed by atoms with Crippen molar-refractivity contribution in [2.24, 2.45) is 0 Å². The lowest BCUT2D eigenvalue weighted by molar-refractivity contribution is -0.167. The molecule has 0 aliphatic carbocycles. The molecule has 0 aromatic rings. The van der Waals surface area contributed by atoms with Crippen LogP contribution in [-0.4, -0.2) is 37.2 Å². The van der Waals surface area contributed by atoms with Gasteiger partial charge >= 0.3 is 17.9 Å². The predicted molar refractivity (Wildman–Crippen MR) is 270 cm³/mol. The second kappa shape index (κ2) is 52.5. The number of hydrogen-bond acceptors (Lipinski definition) is 6. The van der Waals surface area contributed by atoms with Gasteiger partial charge in [0.05, 0.1) is 0 Å². The predicted octanol–water partition coefficient (Wildman–Crippen LogP) is 18.3. The molecule has 0 aromatic heterocycles. The summed E-state index contributed by atoms with van der Waals surface area (Å²) in [6.07, 6.45) is 60.2. The highest BCUT2D eigenvalue weighted by molar-refractivity contribution is 5.71. The van der Waals surface area contributed by atoms with E-state index in [2.05, 4.69) is 45.1 Å². The average molecular weight is 887 g/mol. The second-order valence-corrected chi connectivity index (χ2v) is 18.8. The Morgan fingerprint density at radius 2 is 0.524 bits per heavy atom. The molecule has 0 amide bonds. The number of esters is 3. The van der Waals surface area contributed by atoms with Crippen molar-refractivity contribution in [3.63, 3.8) is 0 Å². The SMILES string of the molecule is CCCCCCCCC/C=C\CCCCCC(=O)OCC(COC(=O)CCCCCCCCCCCCCCCCCCC)OC(=O)CCCCC/C=C\CCCCCCCCC. The van der Waals surface area contributed by atoms with E-state index in [1.54, 1.807) is 0 Å². The topological polar surface area (TPSA) is 78.9 Å². The number of ether oxygens (including phenoxy) is 3. The summed E-state index contributed by atoms with van der Waals surface area (Å²) >= 11 is 0. The van der Waals surface area contributed by atoms with Gasteiger partial charge in [0.15, 0.2) is 6.10 Å². The molecule has 0 aliphatic rings. The zero-order valence-corrected chi connectivity index (χ0v) is 42.4. The molecule has 1 unspecified atom stereocenters. The Bertz CT molecular complexity index is 1020. The molecule has 0 saturated heterocycles. The van der Waals surface area contributed by atoms with E-state index >= 15 is 0 Å². The van der Waals surface area contributed by atoms with Crippen LogP contribution in [-0.2, 0) is 28.6 Å². The van der Waals surface area contributed by atoms with E-state index in [0.717, 1.165) is 83.5 Å². The first kappa shape index (κ1) is 60.9. The molecule has 0 bridgehead atoms. The number of carbonyl (C=O) groups is 3. The quantitative estimate of drug-likeness (QED) is 0.0262. The summed E-state index contributed by atoms with van der Waals surface area (Å²) in [6.45, 7) is 6.64. The van der Waals surface area contributed by atoms with Gasteiger partial charge in [-0.25, -0.2) is 0 Å². The van der Waals surface area contributed by atoms with E-state index < -0.39 is 6.10 Å². The van der Waals surface area contributed by atoms with E-state index in [1.165, 1.54) is 180 Å². The molecule has 0 aromatic carbocycles. The van der Waals surface area contributed by atoms with Crippen LogP contribution in [0.25, 0.3) is 0 Å². The fraction of sp³-hybridized carbons (Fsp3) is 0.877. The van der Waals surface area contributed by atoms with Crippen molar-refractivity contribution in [3.8, 4) is 0 Å². The Balaban J connectivity index is 4.35. The number of allylic oxidation sites excluding steroid dienone is 4. The van der Waals surface area contributed by atoms with Crippen molar-refractivity contribution in [2.75, 3.05) is 13.2 Å². The zero-order chi connectivity index (χ0) is 45.8. The number of rotatable bonds is 51. The maximum Gasteiger partial charge on any atom is 0.306 e. The number of unbranched alkanes of at least 4 members (excludes halogenated alkanes) is 36. The van der Waals surface area contributed by atoms with Gasteiger partial charge in [0, 0.05) is 19.3 Å². The van der Waals surface area contributed by atoms with Crippen molar-refractivity contribution >= 4 is 17.9 Å². The number of hydrogen-bond donors (Lipinski definition) is 0. The maximum atomic E-state index is 12.8. The van der Waals surface area contributed by atoms with Crippen molar-refractivity contribution in [1.82, 2.24) is 0 Å². The normalized spacial score (nSPS) is 12.1. The number of carbonyl (C=O) groups excluding carboxylic acids is 3. The van der Waals surface area contributed by atoms with E-state index in [1.807, 2.05) is 0 Å². The molecular weight excluding hydrogens is 781 g/mol. The smallest absolute Gasteiger partial charge is 0.306 e. The monoisotopic (exact) mass is 887 g/mol. The third-order valence-corrected chi connectivity index (χ3v) is 12.4. The summed E-state index contributed by atoms with van der Waals surface area (Å²) in [5.41, 5.74) is 0. The van der Waals surface area contributed by atoms with Gasteiger partial charge in [-0.2, -0.15) is 0 Å². The molecule has 1 atom stereocenters. The van der Waals surface area contributed by atoms with Crippen molar-refractivity contribution in [3.05, 3.63) is 24.3 Å². The molecule has 0 fully saturated rings. The van der Waals surface area contributed by atoms with Gasteiger partial charge in [-0.15, -0.1) is 0 Å². The summed E-state index contributed by atoms with van der Waals surface area (Å²) in [7, 11) is 0. The summed E-state index contributed by atoms with van der Waals surface area (Å²) in [5.74, 6) is -0.894. The van der Waals surface area contributed by atoms with Gasteiger partial charge in [-0.05, 0) is 70.6 Å². The lowest BCUT2D eigenvalue weighted by atomic mass is 10.0. The Morgan fingerprint density at radius 3 is 0.810 bits per heavy atom. The van der Waals surface area contributed by atoms with Gasteiger partial charge in [-0.3, -0.25) is 14.4 Å². The molecule has 370 valence electrons.